The number of hydrogen-bond acceptors (Lipinski definition) is 3. The van der Waals surface area contributed by atoms with Crippen LogP contribution in [0.4, 0.5) is 4.79 Å². The quantitative estimate of drug-likeness (QED) is 0.793. The van der Waals surface area contributed by atoms with Crippen LogP contribution in [0.2, 0.25) is 0 Å². The van der Waals surface area contributed by atoms with Crippen molar-refractivity contribution in [3.63, 3.8) is 0 Å². The molecule has 1 amide bonds. The maximum atomic E-state index is 11.6. The number of carbonyl (C=O) groups excluding carboxylic acids is 1. The van der Waals surface area contributed by atoms with Crippen LogP contribution >= 0.6 is 0 Å². The zero-order valence-electron chi connectivity index (χ0n) is 9.00. The van der Waals surface area contributed by atoms with Gasteiger partial charge in [-0.15, -0.1) is 6.42 Å². The number of ether oxygens (including phenoxy) is 1. The van der Waals surface area contributed by atoms with Gasteiger partial charge in [0.25, 0.3) is 0 Å². The fourth-order valence-electron chi connectivity index (χ4n) is 1.11. The van der Waals surface area contributed by atoms with Crippen molar-refractivity contribution in [1.29, 1.82) is 0 Å². The van der Waals surface area contributed by atoms with Gasteiger partial charge in [-0.3, -0.25) is 9.69 Å². The summed E-state index contributed by atoms with van der Waals surface area (Å²) in [6, 6.07) is 8.35. The molecule has 0 aliphatic carbocycles. The van der Waals surface area contributed by atoms with Crippen LogP contribution in [0.15, 0.2) is 30.3 Å². The first kappa shape index (κ1) is 12.6. The predicted octanol–water partition coefficient (Wildman–Crippen LogP) is 1.21. The highest BCUT2D eigenvalue weighted by Crippen LogP contribution is 2.09. The lowest BCUT2D eigenvalue weighted by Gasteiger charge is -2.17. The summed E-state index contributed by atoms with van der Waals surface area (Å²) in [6.45, 7) is -0.603. The van der Waals surface area contributed by atoms with E-state index in [0.717, 1.165) is 4.90 Å². The third-order valence-corrected chi connectivity index (χ3v) is 1.81. The zero-order valence-corrected chi connectivity index (χ0v) is 9.00. The maximum absolute atomic E-state index is 11.6. The van der Waals surface area contributed by atoms with E-state index < -0.39 is 18.6 Å². The summed E-state index contributed by atoms with van der Waals surface area (Å²) in [5, 5.41) is 8.61. The molecule has 0 aliphatic heterocycles. The molecule has 1 aromatic rings. The molecule has 1 aromatic carbocycles. The molecule has 0 unspecified atom stereocenters. The smallest absolute Gasteiger partial charge is 0.416 e. The Morgan fingerprint density at radius 2 is 2.00 bits per heavy atom. The highest BCUT2D eigenvalue weighted by Gasteiger charge is 2.17. The van der Waals surface area contributed by atoms with E-state index in [9.17, 15) is 9.59 Å². The van der Waals surface area contributed by atoms with Gasteiger partial charge in [0, 0.05) is 0 Å². The number of amides is 1. The summed E-state index contributed by atoms with van der Waals surface area (Å²) >= 11 is 0. The van der Waals surface area contributed by atoms with Crippen LogP contribution in [0.25, 0.3) is 0 Å². The molecule has 17 heavy (non-hydrogen) atoms. The van der Waals surface area contributed by atoms with Gasteiger partial charge >= 0.3 is 12.1 Å². The fraction of sp³-hybridized carbons (Fsp3) is 0.167. The Balaban J connectivity index is 2.66. The molecule has 0 radical (unpaired) electrons. The van der Waals surface area contributed by atoms with Crippen molar-refractivity contribution in [2.45, 2.75) is 0 Å². The Labute approximate surface area is 98.6 Å². The summed E-state index contributed by atoms with van der Waals surface area (Å²) in [7, 11) is 0. The molecule has 0 atom stereocenters. The van der Waals surface area contributed by atoms with Gasteiger partial charge in [-0.05, 0) is 12.1 Å². The minimum Gasteiger partial charge on any atom is -0.480 e. The molecule has 5 heteroatoms. The molecule has 0 fully saturated rings. The van der Waals surface area contributed by atoms with Gasteiger partial charge in [0.2, 0.25) is 0 Å². The van der Waals surface area contributed by atoms with Crippen molar-refractivity contribution < 1.29 is 19.4 Å². The van der Waals surface area contributed by atoms with Gasteiger partial charge in [-0.25, -0.2) is 4.79 Å². The number of carboxylic acids is 1. The summed E-state index contributed by atoms with van der Waals surface area (Å²) in [4.78, 5) is 23.0. The molecule has 1 N–H and O–H groups in total. The number of carbonyl (C=O) groups is 2. The van der Waals surface area contributed by atoms with E-state index >= 15 is 0 Å². The lowest BCUT2D eigenvalue weighted by molar-refractivity contribution is -0.137. The summed E-state index contributed by atoms with van der Waals surface area (Å²) in [6.07, 6.45) is 4.26. The third-order valence-electron chi connectivity index (χ3n) is 1.81. The van der Waals surface area contributed by atoms with Crippen LogP contribution in [0.3, 0.4) is 0 Å². The number of hydrogen-bond donors (Lipinski definition) is 1. The van der Waals surface area contributed by atoms with Gasteiger partial charge in [0.05, 0.1) is 6.54 Å². The number of aliphatic carboxylic acids is 1. The van der Waals surface area contributed by atoms with Gasteiger partial charge in [0.15, 0.2) is 0 Å². The van der Waals surface area contributed by atoms with Crippen molar-refractivity contribution in [3.05, 3.63) is 30.3 Å². The van der Waals surface area contributed by atoms with Gasteiger partial charge < -0.3 is 9.84 Å². The molecule has 0 saturated carbocycles. The summed E-state index contributed by atoms with van der Waals surface area (Å²) < 4.78 is 4.96. The van der Waals surface area contributed by atoms with Gasteiger partial charge in [-0.2, -0.15) is 0 Å². The molecular formula is C12H11NO4. The molecule has 0 aromatic heterocycles. The first-order valence-electron chi connectivity index (χ1n) is 4.80. The Morgan fingerprint density at radius 3 is 2.53 bits per heavy atom. The van der Waals surface area contributed by atoms with Crippen molar-refractivity contribution in [1.82, 2.24) is 4.90 Å². The molecule has 1 rings (SSSR count). The fourth-order valence-corrected chi connectivity index (χ4v) is 1.11. The summed E-state index contributed by atoms with van der Waals surface area (Å²) in [5.74, 6) is 1.39. The van der Waals surface area contributed by atoms with Crippen LogP contribution in [0.5, 0.6) is 5.75 Å². The number of nitrogens with zero attached hydrogens (tertiary/aromatic N) is 1. The van der Waals surface area contributed by atoms with Gasteiger partial charge in [0.1, 0.15) is 12.3 Å². The SMILES string of the molecule is C#CCN(CC(=O)O)C(=O)Oc1ccccc1. The molecule has 0 saturated heterocycles. The van der Waals surface area contributed by atoms with E-state index in [2.05, 4.69) is 5.92 Å². The Bertz CT molecular complexity index is 436. The molecule has 5 nitrogen and oxygen atoms in total. The number of rotatable bonds is 4. The monoisotopic (exact) mass is 233 g/mol. The minimum atomic E-state index is -1.15. The zero-order chi connectivity index (χ0) is 12.7. The molecular weight excluding hydrogens is 222 g/mol. The van der Waals surface area contributed by atoms with Crippen LogP contribution in [0, 0.1) is 12.3 Å². The molecule has 0 spiro atoms. The van der Waals surface area contributed by atoms with Crippen molar-refractivity contribution in [2.24, 2.45) is 0 Å². The lowest BCUT2D eigenvalue weighted by atomic mass is 10.3. The van der Waals surface area contributed by atoms with Crippen molar-refractivity contribution in [3.8, 4) is 18.1 Å². The van der Waals surface area contributed by atoms with Crippen molar-refractivity contribution >= 4 is 12.1 Å². The Morgan fingerprint density at radius 1 is 1.35 bits per heavy atom. The molecule has 88 valence electrons. The van der Waals surface area contributed by atoms with Crippen LogP contribution in [0.1, 0.15) is 0 Å². The average molecular weight is 233 g/mol. The lowest BCUT2D eigenvalue weighted by Crippen LogP contribution is -2.37. The van der Waals surface area contributed by atoms with E-state index in [0.29, 0.717) is 5.75 Å². The average Bonchev–Trinajstić information content (AvgIpc) is 2.29. The van der Waals surface area contributed by atoms with Crippen LogP contribution in [-0.2, 0) is 4.79 Å². The Kier molecular flexibility index (Phi) is 4.58. The first-order chi connectivity index (χ1) is 8.13. The van der Waals surface area contributed by atoms with E-state index in [1.54, 1.807) is 30.3 Å². The topological polar surface area (TPSA) is 66.8 Å². The van der Waals surface area contributed by atoms with Crippen LogP contribution < -0.4 is 4.74 Å². The Hall–Kier alpha value is -2.48. The normalized spacial score (nSPS) is 9.12. The highest BCUT2D eigenvalue weighted by atomic mass is 16.6. The summed E-state index contributed by atoms with van der Waals surface area (Å²) in [5.41, 5.74) is 0. The third kappa shape index (κ3) is 4.26. The molecule has 0 heterocycles. The van der Waals surface area contributed by atoms with Crippen LogP contribution in [-0.4, -0.2) is 35.2 Å². The second-order valence-corrected chi connectivity index (χ2v) is 3.13. The van der Waals surface area contributed by atoms with E-state index in [1.165, 1.54) is 0 Å². The number of benzene rings is 1. The second kappa shape index (κ2) is 6.18. The number of terminal acetylenes is 1. The number of para-hydroxylation sites is 1. The first-order valence-corrected chi connectivity index (χ1v) is 4.80. The van der Waals surface area contributed by atoms with E-state index in [-0.39, 0.29) is 6.54 Å². The highest BCUT2D eigenvalue weighted by molar-refractivity contribution is 5.78. The van der Waals surface area contributed by atoms with Gasteiger partial charge in [-0.1, -0.05) is 24.1 Å². The largest absolute Gasteiger partial charge is 0.480 e. The van der Waals surface area contributed by atoms with E-state index in [1.807, 2.05) is 0 Å². The number of carboxylic acid groups (broad SMARTS) is 1. The van der Waals surface area contributed by atoms with Crippen molar-refractivity contribution in [2.75, 3.05) is 13.1 Å². The molecule has 0 bridgehead atoms. The standard InChI is InChI=1S/C12H11NO4/c1-2-8-13(9-11(14)15)12(16)17-10-6-4-3-5-7-10/h1,3-7H,8-9H2,(H,14,15). The predicted molar refractivity (Wildman–Crippen MR) is 60.5 cm³/mol. The second-order valence-electron chi connectivity index (χ2n) is 3.13. The minimum absolute atomic E-state index is 0.113. The molecule has 0 aliphatic rings. The maximum Gasteiger partial charge on any atom is 0.416 e. The van der Waals surface area contributed by atoms with E-state index in [4.69, 9.17) is 16.3 Å².